The summed E-state index contributed by atoms with van der Waals surface area (Å²) in [5.41, 5.74) is 2.44. The van der Waals surface area contributed by atoms with E-state index in [4.69, 9.17) is 14.2 Å². The number of likely N-dealkylation sites (tertiary alicyclic amines) is 1. The summed E-state index contributed by atoms with van der Waals surface area (Å²) in [6.45, 7) is 4.29. The Labute approximate surface area is 193 Å². The lowest BCUT2D eigenvalue weighted by Gasteiger charge is -2.26. The van der Waals surface area contributed by atoms with Crippen molar-refractivity contribution in [3.8, 4) is 28.6 Å². The number of nitrogens with zero attached hydrogens (tertiary/aromatic N) is 5. The molecule has 0 aliphatic carbocycles. The van der Waals surface area contributed by atoms with Gasteiger partial charge in [0.2, 0.25) is 0 Å². The van der Waals surface area contributed by atoms with Gasteiger partial charge >= 0.3 is 0 Å². The summed E-state index contributed by atoms with van der Waals surface area (Å²) in [5.74, 6) is 2.86. The molecule has 1 aliphatic heterocycles. The zero-order chi connectivity index (χ0) is 22.6. The molecule has 0 N–H and O–H groups in total. The molecule has 2 aromatic carbocycles. The second-order valence-corrected chi connectivity index (χ2v) is 8.31. The van der Waals surface area contributed by atoms with Crippen molar-refractivity contribution >= 4 is 16.6 Å². The quantitative estimate of drug-likeness (QED) is 0.375. The van der Waals surface area contributed by atoms with Crippen molar-refractivity contribution in [3.05, 3.63) is 42.7 Å². The van der Waals surface area contributed by atoms with Crippen LogP contribution < -0.4 is 14.2 Å². The number of rotatable bonds is 8. The number of piperidine rings is 1. The van der Waals surface area contributed by atoms with Gasteiger partial charge in [0.05, 0.1) is 26.3 Å². The minimum atomic E-state index is 0.631. The molecular formula is C25H29N5O3. The lowest BCUT2D eigenvalue weighted by atomic mass is 10.1. The maximum Gasteiger partial charge on any atom is 0.171 e. The first-order valence-electron chi connectivity index (χ1n) is 11.5. The van der Waals surface area contributed by atoms with Crippen molar-refractivity contribution in [1.29, 1.82) is 0 Å². The van der Waals surface area contributed by atoms with Crippen LogP contribution in [0.3, 0.4) is 0 Å². The van der Waals surface area contributed by atoms with Crippen LogP contribution >= 0.6 is 0 Å². The summed E-state index contributed by atoms with van der Waals surface area (Å²) in [7, 11) is 3.23. The van der Waals surface area contributed by atoms with Crippen molar-refractivity contribution < 1.29 is 14.2 Å². The Balaban J connectivity index is 1.31. The zero-order valence-electron chi connectivity index (χ0n) is 19.2. The average Bonchev–Trinajstić information content (AvgIpc) is 3.31. The van der Waals surface area contributed by atoms with E-state index in [9.17, 15) is 0 Å². The summed E-state index contributed by atoms with van der Waals surface area (Å²) in [6, 6.07) is 11.7. The van der Waals surface area contributed by atoms with Crippen LogP contribution in [0.15, 0.2) is 42.7 Å². The molecular weight excluding hydrogens is 418 g/mol. The molecule has 2 aromatic heterocycles. The van der Waals surface area contributed by atoms with E-state index in [1.54, 1.807) is 20.5 Å². The van der Waals surface area contributed by atoms with Crippen LogP contribution in [0.5, 0.6) is 17.2 Å². The van der Waals surface area contributed by atoms with E-state index >= 15 is 0 Å². The summed E-state index contributed by atoms with van der Waals surface area (Å²) in [4.78, 5) is 7.11. The van der Waals surface area contributed by atoms with Crippen molar-refractivity contribution in [2.45, 2.75) is 25.7 Å². The van der Waals surface area contributed by atoms with Gasteiger partial charge in [-0.25, -0.2) is 4.98 Å². The Morgan fingerprint density at radius 3 is 2.42 bits per heavy atom. The first-order valence-corrected chi connectivity index (χ1v) is 11.5. The van der Waals surface area contributed by atoms with Gasteiger partial charge in [0.25, 0.3) is 0 Å². The van der Waals surface area contributed by atoms with Crippen molar-refractivity contribution in [1.82, 2.24) is 24.5 Å². The van der Waals surface area contributed by atoms with Gasteiger partial charge < -0.3 is 19.1 Å². The standard InChI is InChI=1S/C25H29N5O3/c1-31-22-15-20-21(16-23(22)32-2)26-17-30-24(27-28-25(20)30)18-7-9-19(10-8-18)33-14-6-13-29-11-4-3-5-12-29/h7-10,15-17H,3-6,11-14H2,1-2H3. The topological polar surface area (TPSA) is 74.0 Å². The van der Waals surface area contributed by atoms with E-state index in [0.717, 1.165) is 47.6 Å². The summed E-state index contributed by atoms with van der Waals surface area (Å²) < 4.78 is 18.7. The monoisotopic (exact) mass is 447 g/mol. The Hall–Kier alpha value is -3.39. The van der Waals surface area contributed by atoms with E-state index in [2.05, 4.69) is 20.1 Å². The number of methoxy groups -OCH3 is 2. The van der Waals surface area contributed by atoms with E-state index in [1.807, 2.05) is 40.8 Å². The molecule has 3 heterocycles. The molecule has 4 aromatic rings. The fourth-order valence-corrected chi connectivity index (χ4v) is 4.42. The number of benzene rings is 2. The van der Waals surface area contributed by atoms with Crippen LogP contribution in [0.2, 0.25) is 0 Å². The summed E-state index contributed by atoms with van der Waals surface area (Å²) in [6.07, 6.45) is 6.81. The number of aromatic nitrogens is 4. The first-order chi connectivity index (χ1) is 16.3. The van der Waals surface area contributed by atoms with E-state index in [0.29, 0.717) is 17.1 Å². The molecule has 0 spiro atoms. The fourth-order valence-electron chi connectivity index (χ4n) is 4.42. The molecule has 1 saturated heterocycles. The van der Waals surface area contributed by atoms with Crippen LogP contribution in [0.25, 0.3) is 27.9 Å². The van der Waals surface area contributed by atoms with Gasteiger partial charge in [-0.3, -0.25) is 4.40 Å². The third-order valence-electron chi connectivity index (χ3n) is 6.20. The highest BCUT2D eigenvalue weighted by Crippen LogP contribution is 2.33. The van der Waals surface area contributed by atoms with Crippen LogP contribution in [0.4, 0.5) is 0 Å². The predicted octanol–water partition coefficient (Wildman–Crippen LogP) is 4.22. The van der Waals surface area contributed by atoms with Crippen molar-refractivity contribution in [2.75, 3.05) is 40.5 Å². The third-order valence-corrected chi connectivity index (χ3v) is 6.20. The molecule has 0 bridgehead atoms. The highest BCUT2D eigenvalue weighted by molar-refractivity contribution is 5.94. The molecule has 0 saturated carbocycles. The summed E-state index contributed by atoms with van der Waals surface area (Å²) >= 11 is 0. The Kier molecular flexibility index (Phi) is 6.26. The second kappa shape index (κ2) is 9.62. The molecule has 1 fully saturated rings. The number of ether oxygens (including phenoxy) is 3. The maximum absolute atomic E-state index is 5.95. The number of hydrogen-bond acceptors (Lipinski definition) is 7. The molecule has 0 radical (unpaired) electrons. The zero-order valence-corrected chi connectivity index (χ0v) is 19.2. The fraction of sp³-hybridized carbons (Fsp3) is 0.400. The largest absolute Gasteiger partial charge is 0.494 e. The molecule has 33 heavy (non-hydrogen) atoms. The Morgan fingerprint density at radius 1 is 0.909 bits per heavy atom. The van der Waals surface area contributed by atoms with Crippen LogP contribution in [0.1, 0.15) is 25.7 Å². The van der Waals surface area contributed by atoms with E-state index < -0.39 is 0 Å². The Morgan fingerprint density at radius 2 is 1.67 bits per heavy atom. The second-order valence-electron chi connectivity index (χ2n) is 8.31. The predicted molar refractivity (Wildman–Crippen MR) is 127 cm³/mol. The lowest BCUT2D eigenvalue weighted by molar-refractivity contribution is 0.205. The van der Waals surface area contributed by atoms with Gasteiger partial charge in [-0.05, 0) is 62.7 Å². The molecule has 1 aliphatic rings. The van der Waals surface area contributed by atoms with Gasteiger partial charge in [0, 0.05) is 23.6 Å². The van der Waals surface area contributed by atoms with Crippen molar-refractivity contribution in [2.24, 2.45) is 0 Å². The van der Waals surface area contributed by atoms with Gasteiger partial charge in [-0.2, -0.15) is 0 Å². The highest BCUT2D eigenvalue weighted by atomic mass is 16.5. The van der Waals surface area contributed by atoms with E-state index in [1.165, 1.54) is 32.4 Å². The van der Waals surface area contributed by atoms with Gasteiger partial charge in [-0.1, -0.05) is 6.42 Å². The minimum absolute atomic E-state index is 0.631. The molecule has 0 unspecified atom stereocenters. The average molecular weight is 448 g/mol. The number of fused-ring (bicyclic) bond motifs is 3. The molecule has 0 amide bonds. The first kappa shape index (κ1) is 21.5. The SMILES string of the molecule is COc1cc2ncn3c(-c4ccc(OCCCN5CCCCC5)cc4)nnc3c2cc1OC. The van der Waals surface area contributed by atoms with Crippen molar-refractivity contribution in [3.63, 3.8) is 0 Å². The minimum Gasteiger partial charge on any atom is -0.494 e. The molecule has 0 atom stereocenters. The third kappa shape index (κ3) is 4.43. The maximum atomic E-state index is 5.95. The smallest absolute Gasteiger partial charge is 0.171 e. The number of hydrogen-bond donors (Lipinski definition) is 0. The van der Waals surface area contributed by atoms with E-state index in [-0.39, 0.29) is 0 Å². The normalized spacial score (nSPS) is 14.6. The van der Waals surface area contributed by atoms with Crippen LogP contribution in [-0.2, 0) is 0 Å². The lowest BCUT2D eigenvalue weighted by Crippen LogP contribution is -2.31. The highest BCUT2D eigenvalue weighted by Gasteiger charge is 2.15. The van der Waals surface area contributed by atoms with Crippen LogP contribution in [-0.4, -0.2) is 64.9 Å². The van der Waals surface area contributed by atoms with Crippen LogP contribution in [0, 0.1) is 0 Å². The molecule has 8 heteroatoms. The Bertz CT molecular complexity index is 1230. The van der Waals surface area contributed by atoms with Gasteiger partial charge in [0.15, 0.2) is 23.0 Å². The van der Waals surface area contributed by atoms with Gasteiger partial charge in [0.1, 0.15) is 12.1 Å². The van der Waals surface area contributed by atoms with Gasteiger partial charge in [-0.15, -0.1) is 10.2 Å². The molecule has 5 rings (SSSR count). The molecule has 172 valence electrons. The molecule has 8 nitrogen and oxygen atoms in total. The summed E-state index contributed by atoms with van der Waals surface area (Å²) in [5, 5.41) is 9.70.